The van der Waals surface area contributed by atoms with Crippen molar-refractivity contribution in [2.45, 2.75) is 13.5 Å². The third-order valence-corrected chi connectivity index (χ3v) is 2.44. The van der Waals surface area contributed by atoms with Crippen molar-refractivity contribution in [1.29, 1.82) is 0 Å². The first-order valence-electron chi connectivity index (χ1n) is 5.67. The molecule has 8 heteroatoms. The predicted molar refractivity (Wildman–Crippen MR) is 65.4 cm³/mol. The van der Waals surface area contributed by atoms with Crippen LogP contribution in [0.25, 0.3) is 5.69 Å². The molecular weight excluding hydrogens is 253 g/mol. The zero-order valence-electron chi connectivity index (χ0n) is 10.2. The molecule has 2 aromatic rings. The van der Waals surface area contributed by atoms with E-state index >= 15 is 0 Å². The van der Waals surface area contributed by atoms with Crippen LogP contribution in [0.1, 0.15) is 12.6 Å². The van der Waals surface area contributed by atoms with Gasteiger partial charge in [0.05, 0.1) is 28.6 Å². The molecule has 1 aromatic carbocycles. The summed E-state index contributed by atoms with van der Waals surface area (Å²) in [5.41, 5.74) is 0.620. The van der Waals surface area contributed by atoms with Gasteiger partial charge in [-0.25, -0.2) is 9.07 Å². The maximum atomic E-state index is 13.3. The first kappa shape index (κ1) is 13.1. The molecule has 0 aliphatic rings. The van der Waals surface area contributed by atoms with Crippen LogP contribution in [0.2, 0.25) is 0 Å². The summed E-state index contributed by atoms with van der Waals surface area (Å²) >= 11 is 0. The van der Waals surface area contributed by atoms with Crippen molar-refractivity contribution >= 4 is 5.69 Å². The van der Waals surface area contributed by atoms with E-state index in [4.69, 9.17) is 0 Å². The van der Waals surface area contributed by atoms with E-state index in [2.05, 4.69) is 15.6 Å². The van der Waals surface area contributed by atoms with E-state index in [-0.39, 0.29) is 11.4 Å². The monoisotopic (exact) mass is 265 g/mol. The highest BCUT2D eigenvalue weighted by Crippen LogP contribution is 2.18. The lowest BCUT2D eigenvalue weighted by Crippen LogP contribution is -2.11. The van der Waals surface area contributed by atoms with Crippen LogP contribution in [-0.2, 0) is 6.54 Å². The van der Waals surface area contributed by atoms with Gasteiger partial charge in [-0.1, -0.05) is 12.1 Å². The molecule has 0 unspecified atom stereocenters. The lowest BCUT2D eigenvalue weighted by atomic mass is 10.2. The molecule has 0 aliphatic carbocycles. The highest BCUT2D eigenvalue weighted by Gasteiger charge is 2.12. The second-order valence-corrected chi connectivity index (χ2v) is 3.86. The average molecular weight is 265 g/mol. The fraction of sp³-hybridized carbons (Fsp3) is 0.273. The summed E-state index contributed by atoms with van der Waals surface area (Å²) in [6, 6.07) is 3.27. The van der Waals surface area contributed by atoms with Gasteiger partial charge in [-0.15, -0.1) is 5.10 Å². The van der Waals surface area contributed by atoms with E-state index in [0.717, 1.165) is 12.6 Å². The summed E-state index contributed by atoms with van der Waals surface area (Å²) in [5.74, 6) is -0.687. The molecule has 7 nitrogen and oxygen atoms in total. The Hall–Kier alpha value is -2.35. The molecule has 0 atom stereocenters. The Bertz CT molecular complexity index is 599. The Kier molecular flexibility index (Phi) is 3.81. The van der Waals surface area contributed by atoms with Gasteiger partial charge < -0.3 is 5.32 Å². The normalized spacial score (nSPS) is 10.6. The topological polar surface area (TPSA) is 85.9 Å². The van der Waals surface area contributed by atoms with E-state index in [1.807, 2.05) is 6.92 Å². The van der Waals surface area contributed by atoms with Crippen LogP contribution in [0.5, 0.6) is 0 Å². The lowest BCUT2D eigenvalue weighted by Gasteiger charge is -2.00. The molecule has 0 amide bonds. The lowest BCUT2D eigenvalue weighted by molar-refractivity contribution is -0.385. The van der Waals surface area contributed by atoms with E-state index in [0.29, 0.717) is 12.2 Å². The third kappa shape index (κ3) is 3.10. The summed E-state index contributed by atoms with van der Waals surface area (Å²) in [7, 11) is 0. The molecule has 0 spiro atoms. The van der Waals surface area contributed by atoms with E-state index in [1.165, 1.54) is 16.8 Å². The van der Waals surface area contributed by atoms with Crippen LogP contribution in [0, 0.1) is 15.9 Å². The molecule has 0 saturated heterocycles. The second kappa shape index (κ2) is 5.53. The summed E-state index contributed by atoms with van der Waals surface area (Å²) in [6.45, 7) is 3.28. The Morgan fingerprint density at radius 2 is 2.26 bits per heavy atom. The van der Waals surface area contributed by atoms with Gasteiger partial charge in [0.1, 0.15) is 5.82 Å². The number of nitrogens with one attached hydrogen (secondary N) is 1. The molecule has 1 N–H and O–H groups in total. The first-order valence-corrected chi connectivity index (χ1v) is 5.67. The number of rotatable bonds is 5. The molecular formula is C11H12FN5O2. The van der Waals surface area contributed by atoms with Crippen molar-refractivity contribution in [3.8, 4) is 5.69 Å². The van der Waals surface area contributed by atoms with Crippen LogP contribution >= 0.6 is 0 Å². The Balaban J connectivity index is 2.30. The second-order valence-electron chi connectivity index (χ2n) is 3.86. The van der Waals surface area contributed by atoms with Crippen molar-refractivity contribution in [3.05, 3.63) is 46.0 Å². The van der Waals surface area contributed by atoms with Crippen LogP contribution in [-0.4, -0.2) is 26.5 Å². The van der Waals surface area contributed by atoms with E-state index < -0.39 is 10.7 Å². The molecule has 0 fully saturated rings. The van der Waals surface area contributed by atoms with E-state index in [9.17, 15) is 14.5 Å². The van der Waals surface area contributed by atoms with Crippen LogP contribution < -0.4 is 5.32 Å². The fourth-order valence-electron chi connectivity index (χ4n) is 1.56. The number of nitro groups is 1. The summed E-state index contributed by atoms with van der Waals surface area (Å²) < 4.78 is 14.6. The van der Waals surface area contributed by atoms with E-state index in [1.54, 1.807) is 6.20 Å². The van der Waals surface area contributed by atoms with Crippen molar-refractivity contribution in [1.82, 2.24) is 20.3 Å². The molecule has 2 rings (SSSR count). The number of hydrogen-bond acceptors (Lipinski definition) is 5. The molecule has 1 heterocycles. The number of aromatic nitrogens is 3. The Morgan fingerprint density at radius 1 is 1.47 bits per heavy atom. The maximum Gasteiger partial charge on any atom is 0.274 e. The molecule has 0 bridgehead atoms. The number of nitro benzene ring substituents is 1. The van der Waals surface area contributed by atoms with Crippen molar-refractivity contribution < 1.29 is 9.31 Å². The van der Waals surface area contributed by atoms with Gasteiger partial charge >= 0.3 is 0 Å². The number of hydrogen-bond donors (Lipinski definition) is 1. The smallest absolute Gasteiger partial charge is 0.274 e. The highest BCUT2D eigenvalue weighted by atomic mass is 19.1. The molecule has 0 aliphatic heterocycles. The molecule has 100 valence electrons. The quantitative estimate of drug-likeness (QED) is 0.652. The Labute approximate surface area is 108 Å². The minimum absolute atomic E-state index is 0.266. The standard InChI is InChI=1S/C11H12FN5O2/c1-2-13-6-9-7-16(15-14-9)10-3-8(12)4-11(5-10)17(18)19/h3-5,7,13H,2,6H2,1H3. The van der Waals surface area contributed by atoms with Crippen LogP contribution in [0.15, 0.2) is 24.4 Å². The zero-order chi connectivity index (χ0) is 13.8. The molecule has 19 heavy (non-hydrogen) atoms. The zero-order valence-corrected chi connectivity index (χ0v) is 10.2. The average Bonchev–Trinajstić information content (AvgIpc) is 2.84. The van der Waals surface area contributed by atoms with Gasteiger partial charge in [0.15, 0.2) is 0 Å². The number of halogens is 1. The van der Waals surface area contributed by atoms with Gasteiger partial charge in [0, 0.05) is 18.7 Å². The summed E-state index contributed by atoms with van der Waals surface area (Å²) in [4.78, 5) is 10.0. The first-order chi connectivity index (χ1) is 9.10. The summed E-state index contributed by atoms with van der Waals surface area (Å²) in [6.07, 6.45) is 1.60. The highest BCUT2D eigenvalue weighted by molar-refractivity contribution is 5.43. The van der Waals surface area contributed by atoms with Crippen molar-refractivity contribution in [2.75, 3.05) is 6.54 Å². The molecule has 1 aromatic heterocycles. The van der Waals surface area contributed by atoms with Gasteiger partial charge in [0.2, 0.25) is 0 Å². The Morgan fingerprint density at radius 3 is 2.95 bits per heavy atom. The van der Waals surface area contributed by atoms with Gasteiger partial charge in [-0.3, -0.25) is 10.1 Å². The SMILES string of the molecule is CCNCc1cn(-c2cc(F)cc([N+](=O)[O-])c2)nn1. The summed E-state index contributed by atoms with van der Waals surface area (Å²) in [5, 5.41) is 21.4. The predicted octanol–water partition coefficient (Wildman–Crippen LogP) is 1.42. The van der Waals surface area contributed by atoms with Crippen LogP contribution in [0.4, 0.5) is 10.1 Å². The number of benzene rings is 1. The van der Waals surface area contributed by atoms with Gasteiger partial charge in [-0.05, 0) is 6.54 Å². The number of nitrogens with zero attached hydrogens (tertiary/aromatic N) is 4. The minimum atomic E-state index is -0.687. The van der Waals surface area contributed by atoms with Gasteiger partial charge in [-0.2, -0.15) is 0 Å². The maximum absolute atomic E-state index is 13.3. The van der Waals surface area contributed by atoms with Crippen molar-refractivity contribution in [2.24, 2.45) is 0 Å². The minimum Gasteiger partial charge on any atom is -0.311 e. The molecule has 0 radical (unpaired) electrons. The molecule has 0 saturated carbocycles. The largest absolute Gasteiger partial charge is 0.311 e. The van der Waals surface area contributed by atoms with Crippen LogP contribution in [0.3, 0.4) is 0 Å². The third-order valence-electron chi connectivity index (χ3n) is 2.44. The van der Waals surface area contributed by atoms with Crippen molar-refractivity contribution in [3.63, 3.8) is 0 Å². The van der Waals surface area contributed by atoms with Gasteiger partial charge in [0.25, 0.3) is 5.69 Å². The fourth-order valence-corrected chi connectivity index (χ4v) is 1.56. The number of non-ortho nitro benzene ring substituents is 1.